The van der Waals surface area contributed by atoms with Crippen molar-refractivity contribution < 1.29 is 43.9 Å². The Labute approximate surface area is 121 Å². The highest BCUT2D eigenvalue weighted by atomic mass is 32.2. The van der Waals surface area contributed by atoms with Gasteiger partial charge in [-0.25, -0.2) is 13.1 Å². The van der Waals surface area contributed by atoms with E-state index in [0.29, 0.717) is 26.3 Å². The number of morpholine rings is 1. The van der Waals surface area contributed by atoms with Crippen LogP contribution in [-0.2, 0) is 14.8 Å². The van der Waals surface area contributed by atoms with Crippen LogP contribution < -0.4 is 4.72 Å². The number of rotatable bonds is 6. The van der Waals surface area contributed by atoms with Gasteiger partial charge in [0, 0.05) is 26.2 Å². The van der Waals surface area contributed by atoms with Crippen LogP contribution in [0.1, 0.15) is 0 Å². The molecule has 0 aromatic rings. The normalized spacial score (nSPS) is 19.4. The molecular formula is C9H13F7N2O3S. The van der Waals surface area contributed by atoms with Gasteiger partial charge in [0.25, 0.3) is 10.0 Å². The fraction of sp³-hybridized carbons (Fsp3) is 1.00. The van der Waals surface area contributed by atoms with E-state index >= 15 is 0 Å². The first-order valence-corrected chi connectivity index (χ1v) is 7.43. The summed E-state index contributed by atoms with van der Waals surface area (Å²) in [5.41, 5.74) is 0. The van der Waals surface area contributed by atoms with Gasteiger partial charge in [-0.2, -0.15) is 30.7 Å². The second kappa shape index (κ2) is 6.45. The first-order valence-electron chi connectivity index (χ1n) is 5.94. The zero-order chi connectivity index (χ0) is 17.2. The van der Waals surface area contributed by atoms with Crippen LogP contribution in [0, 0.1) is 0 Å². The van der Waals surface area contributed by atoms with E-state index in [2.05, 4.69) is 0 Å². The summed E-state index contributed by atoms with van der Waals surface area (Å²) in [7, 11) is -6.21. The van der Waals surface area contributed by atoms with E-state index in [4.69, 9.17) is 4.74 Å². The Balaban J connectivity index is 2.71. The van der Waals surface area contributed by atoms with Gasteiger partial charge in [-0.15, -0.1) is 0 Å². The van der Waals surface area contributed by atoms with E-state index in [1.807, 2.05) is 0 Å². The summed E-state index contributed by atoms with van der Waals surface area (Å²) in [4.78, 5) is 1.58. The van der Waals surface area contributed by atoms with Crippen molar-refractivity contribution in [3.05, 3.63) is 0 Å². The number of nitrogens with zero attached hydrogens (tertiary/aromatic N) is 1. The zero-order valence-corrected chi connectivity index (χ0v) is 11.8. The first kappa shape index (κ1) is 19.4. The molecular weight excluding hydrogens is 349 g/mol. The Kier molecular flexibility index (Phi) is 5.69. The average molecular weight is 362 g/mol. The van der Waals surface area contributed by atoms with Gasteiger partial charge in [-0.1, -0.05) is 0 Å². The van der Waals surface area contributed by atoms with E-state index < -0.39 is 33.9 Å². The second-order valence-corrected chi connectivity index (χ2v) is 6.25. The van der Waals surface area contributed by atoms with Crippen molar-refractivity contribution >= 4 is 10.0 Å². The van der Waals surface area contributed by atoms with E-state index in [9.17, 15) is 39.2 Å². The quantitative estimate of drug-likeness (QED) is 0.717. The molecule has 1 fully saturated rings. The van der Waals surface area contributed by atoms with Gasteiger partial charge in [-0.3, -0.25) is 4.90 Å². The van der Waals surface area contributed by atoms with Crippen LogP contribution in [-0.4, -0.2) is 70.1 Å². The van der Waals surface area contributed by atoms with Crippen LogP contribution in [0.5, 0.6) is 0 Å². The molecule has 0 bridgehead atoms. The Hall–Kier alpha value is -0.660. The lowest BCUT2D eigenvalue weighted by molar-refractivity contribution is -0.332. The van der Waals surface area contributed by atoms with Crippen molar-refractivity contribution in [1.29, 1.82) is 0 Å². The summed E-state index contributed by atoms with van der Waals surface area (Å²) in [5.74, 6) is -6.70. The molecule has 1 aliphatic rings. The summed E-state index contributed by atoms with van der Waals surface area (Å²) in [6.45, 7) is 0.486. The number of sulfonamides is 1. The van der Waals surface area contributed by atoms with Crippen LogP contribution in [0.3, 0.4) is 0 Å². The smallest absolute Gasteiger partial charge is 0.379 e. The van der Waals surface area contributed by atoms with Gasteiger partial charge in [0.15, 0.2) is 0 Å². The predicted molar refractivity (Wildman–Crippen MR) is 60.1 cm³/mol. The molecule has 22 heavy (non-hydrogen) atoms. The number of alkyl halides is 7. The lowest BCUT2D eigenvalue weighted by atomic mass is 10.3. The van der Waals surface area contributed by atoms with Crippen molar-refractivity contribution in [3.63, 3.8) is 0 Å². The zero-order valence-electron chi connectivity index (χ0n) is 11.0. The summed E-state index contributed by atoms with van der Waals surface area (Å²) in [6, 6.07) is 0. The predicted octanol–water partition coefficient (Wildman–Crippen LogP) is 1.03. The van der Waals surface area contributed by atoms with Gasteiger partial charge in [0.1, 0.15) is 0 Å². The number of hydrogen-bond acceptors (Lipinski definition) is 4. The first-order chi connectivity index (χ1) is 9.83. The van der Waals surface area contributed by atoms with Gasteiger partial charge >= 0.3 is 17.4 Å². The molecule has 1 N–H and O–H groups in total. The van der Waals surface area contributed by atoms with Gasteiger partial charge in [-0.05, 0) is 0 Å². The van der Waals surface area contributed by atoms with E-state index in [1.54, 1.807) is 4.90 Å². The molecule has 0 aromatic carbocycles. The van der Waals surface area contributed by atoms with Gasteiger partial charge < -0.3 is 4.74 Å². The maximum absolute atomic E-state index is 13.1. The van der Waals surface area contributed by atoms with Crippen molar-refractivity contribution in [1.82, 2.24) is 9.62 Å². The van der Waals surface area contributed by atoms with Crippen molar-refractivity contribution in [2.24, 2.45) is 0 Å². The lowest BCUT2D eigenvalue weighted by Crippen LogP contribution is -2.59. The number of hydrogen-bond donors (Lipinski definition) is 1. The minimum atomic E-state index is -6.70. The minimum Gasteiger partial charge on any atom is -0.379 e. The van der Waals surface area contributed by atoms with Crippen LogP contribution >= 0.6 is 0 Å². The topological polar surface area (TPSA) is 58.6 Å². The number of nitrogens with one attached hydrogen (secondary N) is 1. The molecule has 0 aromatic heterocycles. The Bertz CT molecular complexity index is 474. The lowest BCUT2D eigenvalue weighted by Gasteiger charge is -2.29. The molecule has 132 valence electrons. The van der Waals surface area contributed by atoms with Crippen LogP contribution in [0.4, 0.5) is 30.7 Å². The molecule has 1 aliphatic heterocycles. The SMILES string of the molecule is O=S(=O)(NCCN1CCOCC1)C(F)(F)C(F)(F)C(F)(F)F. The molecule has 13 heteroatoms. The van der Waals surface area contributed by atoms with Crippen LogP contribution in [0.15, 0.2) is 0 Å². The maximum atomic E-state index is 13.1. The van der Waals surface area contributed by atoms with Gasteiger partial charge in [0.05, 0.1) is 13.2 Å². The molecule has 0 saturated carbocycles. The summed E-state index contributed by atoms with van der Waals surface area (Å²) in [6.07, 6.45) is -6.70. The van der Waals surface area contributed by atoms with E-state index in [0.717, 1.165) is 4.72 Å². The summed E-state index contributed by atoms with van der Waals surface area (Å²) in [5, 5.41) is -6.32. The van der Waals surface area contributed by atoms with Crippen LogP contribution in [0.25, 0.3) is 0 Å². The Morgan fingerprint density at radius 1 is 1.00 bits per heavy atom. The number of ether oxygens (including phenoxy) is 1. The third-order valence-electron chi connectivity index (χ3n) is 2.88. The van der Waals surface area contributed by atoms with E-state index in [-0.39, 0.29) is 6.54 Å². The fourth-order valence-corrected chi connectivity index (χ4v) is 2.58. The molecule has 1 saturated heterocycles. The van der Waals surface area contributed by atoms with Crippen molar-refractivity contribution in [2.75, 3.05) is 39.4 Å². The molecule has 5 nitrogen and oxygen atoms in total. The second-order valence-electron chi connectivity index (χ2n) is 4.44. The highest BCUT2D eigenvalue weighted by Gasteiger charge is 2.78. The largest absolute Gasteiger partial charge is 0.461 e. The third-order valence-corrected chi connectivity index (χ3v) is 4.40. The molecule has 1 heterocycles. The Morgan fingerprint density at radius 3 is 1.95 bits per heavy atom. The highest BCUT2D eigenvalue weighted by Crippen LogP contribution is 2.48. The monoisotopic (exact) mass is 362 g/mol. The van der Waals surface area contributed by atoms with E-state index in [1.165, 1.54) is 0 Å². The fourth-order valence-electron chi connectivity index (χ4n) is 1.59. The van der Waals surface area contributed by atoms with Gasteiger partial charge in [0.2, 0.25) is 0 Å². The average Bonchev–Trinajstić information content (AvgIpc) is 2.38. The summed E-state index contributed by atoms with van der Waals surface area (Å²) >= 11 is 0. The molecule has 0 amide bonds. The molecule has 0 spiro atoms. The summed E-state index contributed by atoms with van der Waals surface area (Å²) < 4.78 is 116. The third kappa shape index (κ3) is 3.81. The minimum absolute atomic E-state index is 0.129. The van der Waals surface area contributed by atoms with Crippen molar-refractivity contribution in [2.45, 2.75) is 17.4 Å². The number of halogens is 7. The molecule has 0 radical (unpaired) electrons. The van der Waals surface area contributed by atoms with Crippen molar-refractivity contribution in [3.8, 4) is 0 Å². The molecule has 0 unspecified atom stereocenters. The van der Waals surface area contributed by atoms with Crippen LogP contribution in [0.2, 0.25) is 0 Å². The molecule has 0 atom stereocenters. The molecule has 0 aliphatic carbocycles. The highest BCUT2D eigenvalue weighted by molar-refractivity contribution is 7.90. The molecule has 1 rings (SSSR count). The standard InChI is InChI=1S/C9H13F7N2O3S/c10-7(11,8(12,13)14)9(15,16)22(19,20)17-1-2-18-3-5-21-6-4-18/h17H,1-6H2. The maximum Gasteiger partial charge on any atom is 0.461 e. The Morgan fingerprint density at radius 2 is 1.50 bits per heavy atom.